The third-order valence-corrected chi connectivity index (χ3v) is 2.89. The number of hydrogen-bond donors (Lipinski definition) is 1. The lowest BCUT2D eigenvalue weighted by molar-refractivity contribution is -0.120. The van der Waals surface area contributed by atoms with E-state index in [-0.39, 0.29) is 5.91 Å². The Balaban J connectivity index is 2.36. The molecule has 0 saturated heterocycles. The average molecular weight is 244 g/mol. The predicted octanol–water partition coefficient (Wildman–Crippen LogP) is 2.66. The van der Waals surface area contributed by atoms with E-state index < -0.39 is 0 Å². The normalized spacial score (nSPS) is 9.83. The van der Waals surface area contributed by atoms with Crippen LogP contribution in [-0.4, -0.2) is 12.5 Å². The van der Waals surface area contributed by atoms with E-state index in [0.29, 0.717) is 19.4 Å². The molecule has 1 aromatic carbocycles. The second-order valence-corrected chi connectivity index (χ2v) is 4.57. The van der Waals surface area contributed by atoms with Gasteiger partial charge in [0.2, 0.25) is 5.91 Å². The number of unbranched alkanes of at least 4 members (excludes halogenated alkanes) is 2. The molecule has 0 fully saturated rings. The maximum atomic E-state index is 11.7. The van der Waals surface area contributed by atoms with Crippen LogP contribution < -0.4 is 5.32 Å². The molecule has 0 atom stereocenters. The van der Waals surface area contributed by atoms with Crippen molar-refractivity contribution in [3.63, 3.8) is 0 Å². The summed E-state index contributed by atoms with van der Waals surface area (Å²) in [5.41, 5.74) is 3.42. The summed E-state index contributed by atoms with van der Waals surface area (Å²) in [5.74, 6) is 0.0562. The first-order valence-electron chi connectivity index (χ1n) is 6.33. The highest BCUT2D eigenvalue weighted by Crippen LogP contribution is 2.11. The third kappa shape index (κ3) is 5.01. The molecule has 3 heteroatoms. The summed E-state index contributed by atoms with van der Waals surface area (Å²) in [6.45, 7) is 4.71. The van der Waals surface area contributed by atoms with Gasteiger partial charge in [-0.25, -0.2) is 0 Å². The Morgan fingerprint density at radius 2 is 2.11 bits per heavy atom. The Kier molecular flexibility index (Phi) is 5.93. The van der Waals surface area contributed by atoms with Gasteiger partial charge in [-0.15, -0.1) is 0 Å². The molecule has 1 amide bonds. The van der Waals surface area contributed by atoms with Gasteiger partial charge < -0.3 is 5.32 Å². The van der Waals surface area contributed by atoms with Gasteiger partial charge >= 0.3 is 0 Å². The maximum Gasteiger partial charge on any atom is 0.224 e. The van der Waals surface area contributed by atoms with Crippen molar-refractivity contribution in [1.29, 1.82) is 5.26 Å². The number of nitrogens with zero attached hydrogens (tertiary/aromatic N) is 1. The monoisotopic (exact) mass is 244 g/mol. The second-order valence-electron chi connectivity index (χ2n) is 4.57. The van der Waals surface area contributed by atoms with Gasteiger partial charge in [-0.3, -0.25) is 4.79 Å². The lowest BCUT2D eigenvalue weighted by atomic mass is 10.0. The smallest absolute Gasteiger partial charge is 0.224 e. The number of hydrogen-bond acceptors (Lipinski definition) is 2. The summed E-state index contributed by atoms with van der Waals surface area (Å²) < 4.78 is 0. The van der Waals surface area contributed by atoms with E-state index in [1.807, 2.05) is 19.9 Å². The SMILES string of the molecule is Cc1ccc(C)c(CC(=O)NCCCCC#N)c1. The average Bonchev–Trinajstić information content (AvgIpc) is 2.33. The van der Waals surface area contributed by atoms with Crippen molar-refractivity contribution < 1.29 is 4.79 Å². The number of nitrogens with one attached hydrogen (secondary N) is 1. The summed E-state index contributed by atoms with van der Waals surface area (Å²) >= 11 is 0. The molecule has 1 rings (SSSR count). The molecular formula is C15H20N2O. The van der Waals surface area contributed by atoms with Crippen molar-refractivity contribution in [2.45, 2.75) is 39.5 Å². The Morgan fingerprint density at radius 1 is 1.33 bits per heavy atom. The fraction of sp³-hybridized carbons (Fsp3) is 0.467. The van der Waals surface area contributed by atoms with E-state index in [9.17, 15) is 4.79 Å². The summed E-state index contributed by atoms with van der Waals surface area (Å²) in [6, 6.07) is 8.26. The van der Waals surface area contributed by atoms with Crippen molar-refractivity contribution in [2.75, 3.05) is 6.54 Å². The van der Waals surface area contributed by atoms with E-state index >= 15 is 0 Å². The maximum absolute atomic E-state index is 11.7. The van der Waals surface area contributed by atoms with Gasteiger partial charge in [0.1, 0.15) is 0 Å². The number of rotatable bonds is 6. The molecule has 0 heterocycles. The van der Waals surface area contributed by atoms with Crippen LogP contribution in [0.3, 0.4) is 0 Å². The van der Waals surface area contributed by atoms with Gasteiger partial charge in [-0.2, -0.15) is 5.26 Å². The van der Waals surface area contributed by atoms with Gasteiger partial charge in [0.15, 0.2) is 0 Å². The molecule has 0 radical (unpaired) electrons. The van der Waals surface area contributed by atoms with E-state index in [4.69, 9.17) is 5.26 Å². The summed E-state index contributed by atoms with van der Waals surface area (Å²) in [4.78, 5) is 11.7. The number of carbonyl (C=O) groups excluding carboxylic acids is 1. The minimum Gasteiger partial charge on any atom is -0.356 e. The first-order chi connectivity index (χ1) is 8.63. The van der Waals surface area contributed by atoms with Gasteiger partial charge in [0, 0.05) is 13.0 Å². The zero-order valence-corrected chi connectivity index (χ0v) is 11.1. The molecule has 96 valence electrons. The molecular weight excluding hydrogens is 224 g/mol. The highest BCUT2D eigenvalue weighted by atomic mass is 16.1. The zero-order chi connectivity index (χ0) is 13.4. The molecule has 1 N–H and O–H groups in total. The van der Waals surface area contributed by atoms with Crippen molar-refractivity contribution in [3.05, 3.63) is 34.9 Å². The first kappa shape index (κ1) is 14.2. The van der Waals surface area contributed by atoms with Crippen molar-refractivity contribution in [1.82, 2.24) is 5.32 Å². The summed E-state index contributed by atoms with van der Waals surface area (Å²) in [7, 11) is 0. The van der Waals surface area contributed by atoms with Gasteiger partial charge in [0.25, 0.3) is 0 Å². The standard InChI is InChI=1S/C15H20N2O/c1-12-6-7-13(2)14(10-12)11-15(18)17-9-5-3-4-8-16/h6-7,10H,3-5,9,11H2,1-2H3,(H,17,18). The first-order valence-corrected chi connectivity index (χ1v) is 6.33. The van der Waals surface area contributed by atoms with E-state index in [0.717, 1.165) is 24.0 Å². The van der Waals surface area contributed by atoms with Crippen LogP contribution in [0.2, 0.25) is 0 Å². The Hall–Kier alpha value is -1.82. The molecule has 0 aliphatic carbocycles. The molecule has 0 bridgehead atoms. The fourth-order valence-corrected chi connectivity index (χ4v) is 1.78. The molecule has 0 unspecified atom stereocenters. The molecule has 1 aromatic rings. The van der Waals surface area contributed by atoms with Gasteiger partial charge in [-0.05, 0) is 37.8 Å². The number of amides is 1. The second kappa shape index (κ2) is 7.50. The van der Waals surface area contributed by atoms with E-state index in [1.54, 1.807) is 0 Å². The van der Waals surface area contributed by atoms with Crippen molar-refractivity contribution in [2.24, 2.45) is 0 Å². The Labute approximate surface area is 109 Å². The Morgan fingerprint density at radius 3 is 2.83 bits per heavy atom. The van der Waals surface area contributed by atoms with Crippen molar-refractivity contribution >= 4 is 5.91 Å². The number of aryl methyl sites for hydroxylation is 2. The summed E-state index contributed by atoms with van der Waals surface area (Å²) in [5, 5.41) is 11.3. The van der Waals surface area contributed by atoms with Crippen molar-refractivity contribution in [3.8, 4) is 6.07 Å². The Bertz CT molecular complexity index is 446. The molecule has 0 aliphatic heterocycles. The van der Waals surface area contributed by atoms with E-state index in [2.05, 4.69) is 23.5 Å². The molecule has 0 saturated carbocycles. The largest absolute Gasteiger partial charge is 0.356 e. The van der Waals surface area contributed by atoms with E-state index in [1.165, 1.54) is 5.56 Å². The molecule has 18 heavy (non-hydrogen) atoms. The zero-order valence-electron chi connectivity index (χ0n) is 11.1. The number of benzene rings is 1. The predicted molar refractivity (Wildman–Crippen MR) is 72.1 cm³/mol. The van der Waals surface area contributed by atoms with Crippen LogP contribution >= 0.6 is 0 Å². The third-order valence-electron chi connectivity index (χ3n) is 2.89. The van der Waals surface area contributed by atoms with Crippen LogP contribution in [0.4, 0.5) is 0 Å². The minimum atomic E-state index is 0.0562. The highest BCUT2D eigenvalue weighted by Gasteiger charge is 2.05. The lowest BCUT2D eigenvalue weighted by Crippen LogP contribution is -2.26. The summed E-state index contributed by atoms with van der Waals surface area (Å²) in [6.07, 6.45) is 2.71. The van der Waals surface area contributed by atoms with Crippen LogP contribution in [-0.2, 0) is 11.2 Å². The topological polar surface area (TPSA) is 52.9 Å². The van der Waals surface area contributed by atoms with Gasteiger partial charge in [-0.1, -0.05) is 23.8 Å². The van der Waals surface area contributed by atoms with Crippen LogP contribution in [0.1, 0.15) is 36.0 Å². The van der Waals surface area contributed by atoms with Crippen LogP contribution in [0.5, 0.6) is 0 Å². The quantitative estimate of drug-likeness (QED) is 0.782. The number of nitriles is 1. The number of carbonyl (C=O) groups is 1. The van der Waals surface area contributed by atoms with Crippen LogP contribution in [0.25, 0.3) is 0 Å². The minimum absolute atomic E-state index is 0.0562. The lowest BCUT2D eigenvalue weighted by Gasteiger charge is -2.08. The highest BCUT2D eigenvalue weighted by molar-refractivity contribution is 5.78. The fourth-order valence-electron chi connectivity index (χ4n) is 1.78. The molecule has 3 nitrogen and oxygen atoms in total. The van der Waals surface area contributed by atoms with Crippen LogP contribution in [0.15, 0.2) is 18.2 Å². The molecule has 0 aliphatic rings. The molecule has 0 spiro atoms. The van der Waals surface area contributed by atoms with Gasteiger partial charge in [0.05, 0.1) is 12.5 Å². The van der Waals surface area contributed by atoms with Crippen LogP contribution in [0, 0.1) is 25.2 Å². The molecule has 0 aromatic heterocycles.